The molecular weight excluding hydrogens is 141 g/mol. The Bertz CT molecular complexity index is 121. The van der Waals surface area contributed by atoms with Gasteiger partial charge in [0.25, 0.3) is 0 Å². The summed E-state index contributed by atoms with van der Waals surface area (Å²) in [6, 6.07) is 0. The molecule has 0 aliphatic heterocycles. The van der Waals surface area contributed by atoms with Gasteiger partial charge in [0.15, 0.2) is 0 Å². The Morgan fingerprint density at radius 1 is 1.67 bits per heavy atom. The van der Waals surface area contributed by atoms with Gasteiger partial charge >= 0.3 is 7.60 Å². The van der Waals surface area contributed by atoms with E-state index in [1.807, 2.05) is 0 Å². The standard InChI is InChI=1S/C4H11NO3P/c1-2-3-4(5)9(6,7)8/h4-5H,2-3H2,1H3,(H2,6,7,8). The molecule has 0 aromatic carbocycles. The number of hydrogen-bond donors (Lipinski definition) is 2. The van der Waals surface area contributed by atoms with E-state index in [0.29, 0.717) is 6.42 Å². The van der Waals surface area contributed by atoms with Crippen LogP contribution < -0.4 is 5.73 Å². The molecule has 3 N–H and O–H groups in total. The molecule has 9 heavy (non-hydrogen) atoms. The van der Waals surface area contributed by atoms with Crippen molar-refractivity contribution in [2.75, 3.05) is 0 Å². The summed E-state index contributed by atoms with van der Waals surface area (Å²) in [5, 5.41) is 0. The van der Waals surface area contributed by atoms with Gasteiger partial charge in [-0.1, -0.05) is 13.3 Å². The van der Waals surface area contributed by atoms with Gasteiger partial charge in [-0.25, -0.2) is 5.73 Å². The summed E-state index contributed by atoms with van der Waals surface area (Å²) in [5.74, 6) is -1.22. The highest BCUT2D eigenvalue weighted by molar-refractivity contribution is 7.52. The molecule has 0 fully saturated rings. The minimum Gasteiger partial charge on any atom is -0.323 e. The van der Waals surface area contributed by atoms with Crippen LogP contribution in [0.2, 0.25) is 0 Å². The maximum absolute atomic E-state index is 10.2. The van der Waals surface area contributed by atoms with Crippen molar-refractivity contribution in [2.24, 2.45) is 0 Å². The highest BCUT2D eigenvalue weighted by atomic mass is 31.2. The minimum absolute atomic E-state index is 0.268. The summed E-state index contributed by atoms with van der Waals surface area (Å²) in [5.41, 5.74) is 6.86. The van der Waals surface area contributed by atoms with Gasteiger partial charge in [-0.2, -0.15) is 0 Å². The Balaban J connectivity index is 3.74. The summed E-state index contributed by atoms with van der Waals surface area (Å²) in [6.07, 6.45) is 0.906. The molecule has 0 spiro atoms. The van der Waals surface area contributed by atoms with E-state index >= 15 is 0 Å². The van der Waals surface area contributed by atoms with E-state index in [-0.39, 0.29) is 6.42 Å². The fourth-order valence-electron chi connectivity index (χ4n) is 0.442. The Morgan fingerprint density at radius 2 is 2.11 bits per heavy atom. The summed E-state index contributed by atoms with van der Waals surface area (Å²) >= 11 is 0. The normalized spacial score (nSPS) is 15.6. The Hall–Kier alpha value is 0.110. The van der Waals surface area contributed by atoms with Crippen molar-refractivity contribution in [3.63, 3.8) is 0 Å². The van der Waals surface area contributed by atoms with Crippen LogP contribution in [-0.2, 0) is 4.57 Å². The predicted molar refractivity (Wildman–Crippen MR) is 33.8 cm³/mol. The van der Waals surface area contributed by atoms with Gasteiger partial charge in [0.05, 0.1) is 0 Å². The first-order valence-corrected chi connectivity index (χ1v) is 4.43. The van der Waals surface area contributed by atoms with E-state index in [4.69, 9.17) is 15.5 Å². The zero-order chi connectivity index (χ0) is 7.49. The second-order valence-electron chi connectivity index (χ2n) is 1.89. The molecule has 0 saturated heterocycles. The zero-order valence-electron chi connectivity index (χ0n) is 5.24. The lowest BCUT2D eigenvalue weighted by Crippen LogP contribution is -2.07. The van der Waals surface area contributed by atoms with Crippen molar-refractivity contribution < 1.29 is 14.4 Å². The molecule has 0 aromatic rings. The molecule has 1 unspecified atom stereocenters. The molecule has 0 amide bonds. The monoisotopic (exact) mass is 152 g/mol. The highest BCUT2D eigenvalue weighted by Gasteiger charge is 2.23. The molecule has 55 valence electrons. The molecule has 1 radical (unpaired) electrons. The van der Waals surface area contributed by atoms with E-state index in [1.165, 1.54) is 0 Å². The highest BCUT2D eigenvalue weighted by Crippen LogP contribution is 2.40. The van der Waals surface area contributed by atoms with Gasteiger partial charge in [0, 0.05) is 0 Å². The molecule has 0 saturated carbocycles. The maximum atomic E-state index is 10.2. The van der Waals surface area contributed by atoms with Gasteiger partial charge in [-0.05, 0) is 6.42 Å². The number of hydrogen-bond acceptors (Lipinski definition) is 1. The Kier molecular flexibility index (Phi) is 3.36. The average Bonchev–Trinajstić information content (AvgIpc) is 1.64. The number of rotatable bonds is 3. The van der Waals surface area contributed by atoms with Crippen molar-refractivity contribution in [1.29, 1.82) is 0 Å². The molecule has 4 nitrogen and oxygen atoms in total. The minimum atomic E-state index is -4.11. The average molecular weight is 152 g/mol. The van der Waals surface area contributed by atoms with E-state index < -0.39 is 13.4 Å². The lowest BCUT2D eigenvalue weighted by molar-refractivity contribution is 0.353. The van der Waals surface area contributed by atoms with Crippen LogP contribution in [0.15, 0.2) is 0 Å². The first-order valence-electron chi connectivity index (χ1n) is 2.74. The maximum Gasteiger partial charge on any atom is 0.343 e. The molecule has 1 atom stereocenters. The molecular formula is C4H11NO3P. The third-order valence-corrected chi connectivity index (χ3v) is 2.04. The first kappa shape index (κ1) is 9.11. The fourth-order valence-corrected chi connectivity index (χ4v) is 1.04. The molecule has 0 aliphatic carbocycles. The zero-order valence-corrected chi connectivity index (χ0v) is 6.14. The summed E-state index contributed by atoms with van der Waals surface area (Å²) < 4.78 is 10.2. The van der Waals surface area contributed by atoms with E-state index in [9.17, 15) is 4.57 Å². The van der Waals surface area contributed by atoms with Crippen LogP contribution in [0.5, 0.6) is 0 Å². The number of nitrogens with one attached hydrogen (secondary N) is 1. The fraction of sp³-hybridized carbons (Fsp3) is 1.00. The lowest BCUT2D eigenvalue weighted by Gasteiger charge is -2.09. The van der Waals surface area contributed by atoms with E-state index in [1.54, 1.807) is 6.92 Å². The van der Waals surface area contributed by atoms with E-state index in [0.717, 1.165) is 0 Å². The van der Waals surface area contributed by atoms with Crippen molar-refractivity contribution >= 4 is 7.60 Å². The van der Waals surface area contributed by atoms with Gasteiger partial charge in [-0.15, -0.1) is 0 Å². The van der Waals surface area contributed by atoms with Crippen LogP contribution in [0, 0.1) is 0 Å². The van der Waals surface area contributed by atoms with Gasteiger partial charge in [-0.3, -0.25) is 4.57 Å². The second-order valence-corrected chi connectivity index (χ2v) is 3.70. The molecule has 0 bridgehead atoms. The van der Waals surface area contributed by atoms with Crippen molar-refractivity contribution in [3.8, 4) is 0 Å². The van der Waals surface area contributed by atoms with Crippen LogP contribution in [0.1, 0.15) is 19.8 Å². The van der Waals surface area contributed by atoms with Crippen LogP contribution in [0.3, 0.4) is 0 Å². The largest absolute Gasteiger partial charge is 0.343 e. The third-order valence-electron chi connectivity index (χ3n) is 0.968. The topological polar surface area (TPSA) is 81.3 Å². The SMILES string of the molecule is CCCC([NH])P(=O)(O)O. The van der Waals surface area contributed by atoms with Crippen LogP contribution >= 0.6 is 7.60 Å². The molecule has 0 aromatic heterocycles. The summed E-state index contributed by atoms with van der Waals surface area (Å²) in [7, 11) is -4.11. The quantitative estimate of drug-likeness (QED) is 0.580. The van der Waals surface area contributed by atoms with Crippen LogP contribution in [0.25, 0.3) is 0 Å². The molecule has 0 aliphatic rings. The Morgan fingerprint density at radius 3 is 2.22 bits per heavy atom. The van der Waals surface area contributed by atoms with Crippen molar-refractivity contribution in [1.82, 2.24) is 5.73 Å². The summed E-state index contributed by atoms with van der Waals surface area (Å²) in [6.45, 7) is 1.79. The first-order chi connectivity index (χ1) is 3.98. The van der Waals surface area contributed by atoms with Gasteiger partial charge in [0.1, 0.15) is 5.78 Å². The van der Waals surface area contributed by atoms with Gasteiger partial charge < -0.3 is 9.79 Å². The summed E-state index contributed by atoms with van der Waals surface area (Å²) in [4.78, 5) is 16.7. The lowest BCUT2D eigenvalue weighted by atomic mass is 10.3. The van der Waals surface area contributed by atoms with Crippen LogP contribution in [-0.4, -0.2) is 15.6 Å². The van der Waals surface area contributed by atoms with Crippen molar-refractivity contribution in [2.45, 2.75) is 25.5 Å². The molecule has 5 heteroatoms. The molecule has 0 rings (SSSR count). The molecule has 0 heterocycles. The van der Waals surface area contributed by atoms with E-state index in [2.05, 4.69) is 0 Å². The van der Waals surface area contributed by atoms with Gasteiger partial charge in [0.2, 0.25) is 0 Å². The second kappa shape index (κ2) is 3.32. The smallest absolute Gasteiger partial charge is 0.323 e. The predicted octanol–water partition coefficient (Wildman–Crippen LogP) is 0.573. The van der Waals surface area contributed by atoms with Crippen molar-refractivity contribution in [3.05, 3.63) is 0 Å². The Labute approximate surface area is 54.2 Å². The third kappa shape index (κ3) is 3.65. The van der Waals surface area contributed by atoms with Crippen LogP contribution in [0.4, 0.5) is 0 Å².